The standard InChI is InChI=1S/C13H16F3N2/c1-2-17-7-9-18(10-8-17)12-6-4-3-5-11(12)13(14,15)16/h4-6H,2,7-10H2,1H3. The molecule has 0 spiro atoms. The molecule has 0 aliphatic carbocycles. The zero-order chi connectivity index (χ0) is 13.2. The fraction of sp³-hybridized carbons (Fsp3) is 0.538. The zero-order valence-electron chi connectivity index (χ0n) is 10.3. The summed E-state index contributed by atoms with van der Waals surface area (Å²) in [5.74, 6) is 0. The Bertz CT molecular complexity index is 395. The quantitative estimate of drug-likeness (QED) is 0.803. The second-order valence-corrected chi connectivity index (χ2v) is 4.36. The number of nitrogens with zero attached hydrogens (tertiary/aromatic N) is 2. The normalized spacial score (nSPS) is 18.1. The molecule has 1 fully saturated rings. The van der Waals surface area contributed by atoms with Crippen molar-refractivity contribution in [2.75, 3.05) is 37.6 Å². The van der Waals surface area contributed by atoms with Gasteiger partial charge in [-0.15, -0.1) is 0 Å². The van der Waals surface area contributed by atoms with Gasteiger partial charge in [0.2, 0.25) is 0 Å². The molecule has 5 heteroatoms. The highest BCUT2D eigenvalue weighted by molar-refractivity contribution is 5.55. The maximum atomic E-state index is 12.9. The second-order valence-electron chi connectivity index (χ2n) is 4.36. The molecule has 0 aromatic heterocycles. The maximum Gasteiger partial charge on any atom is 0.418 e. The van der Waals surface area contributed by atoms with Gasteiger partial charge in [0.1, 0.15) is 0 Å². The molecule has 1 saturated heterocycles. The van der Waals surface area contributed by atoms with Gasteiger partial charge < -0.3 is 9.80 Å². The molecule has 2 rings (SSSR count). The number of piperazine rings is 1. The van der Waals surface area contributed by atoms with Crippen LogP contribution in [0.15, 0.2) is 18.2 Å². The number of hydrogen-bond acceptors (Lipinski definition) is 2. The first-order valence-electron chi connectivity index (χ1n) is 6.07. The van der Waals surface area contributed by atoms with E-state index in [9.17, 15) is 13.2 Å². The van der Waals surface area contributed by atoms with Gasteiger partial charge in [-0.25, -0.2) is 0 Å². The van der Waals surface area contributed by atoms with Crippen LogP contribution in [0, 0.1) is 6.07 Å². The summed E-state index contributed by atoms with van der Waals surface area (Å²) in [6.45, 7) is 5.91. The first-order chi connectivity index (χ1) is 8.52. The number of alkyl halides is 3. The monoisotopic (exact) mass is 257 g/mol. The van der Waals surface area contributed by atoms with Gasteiger partial charge in [0, 0.05) is 31.9 Å². The molecule has 0 amide bonds. The Kier molecular flexibility index (Phi) is 3.80. The van der Waals surface area contributed by atoms with Crippen molar-refractivity contribution in [1.29, 1.82) is 0 Å². The third-order valence-corrected chi connectivity index (χ3v) is 3.31. The summed E-state index contributed by atoms with van der Waals surface area (Å²) in [6.07, 6.45) is -4.31. The van der Waals surface area contributed by atoms with Gasteiger partial charge in [-0.05, 0) is 24.7 Å². The summed E-state index contributed by atoms with van der Waals surface area (Å²) in [5, 5.41) is 0. The summed E-state index contributed by atoms with van der Waals surface area (Å²) in [4.78, 5) is 4.04. The predicted molar refractivity (Wildman–Crippen MR) is 64.6 cm³/mol. The first-order valence-corrected chi connectivity index (χ1v) is 6.07. The van der Waals surface area contributed by atoms with Gasteiger partial charge in [0.15, 0.2) is 0 Å². The minimum atomic E-state index is -4.31. The number of rotatable bonds is 2. The van der Waals surface area contributed by atoms with Crippen molar-refractivity contribution in [3.05, 3.63) is 29.8 Å². The van der Waals surface area contributed by atoms with Gasteiger partial charge >= 0.3 is 6.18 Å². The van der Waals surface area contributed by atoms with Crippen molar-refractivity contribution in [2.24, 2.45) is 0 Å². The van der Waals surface area contributed by atoms with E-state index in [-0.39, 0.29) is 5.69 Å². The Morgan fingerprint density at radius 3 is 2.44 bits per heavy atom. The van der Waals surface area contributed by atoms with Crippen molar-refractivity contribution in [3.8, 4) is 0 Å². The van der Waals surface area contributed by atoms with Gasteiger partial charge in [-0.1, -0.05) is 13.0 Å². The topological polar surface area (TPSA) is 6.48 Å². The molecule has 18 heavy (non-hydrogen) atoms. The lowest BCUT2D eigenvalue weighted by molar-refractivity contribution is -0.137. The fourth-order valence-electron chi connectivity index (χ4n) is 2.23. The van der Waals surface area contributed by atoms with E-state index < -0.39 is 11.7 Å². The number of halogens is 3. The predicted octanol–water partition coefficient (Wildman–Crippen LogP) is 2.65. The van der Waals surface area contributed by atoms with Gasteiger partial charge in [0.25, 0.3) is 0 Å². The maximum absolute atomic E-state index is 12.9. The van der Waals surface area contributed by atoms with Crippen molar-refractivity contribution in [2.45, 2.75) is 13.1 Å². The van der Waals surface area contributed by atoms with E-state index in [4.69, 9.17) is 0 Å². The molecule has 1 heterocycles. The molecule has 1 radical (unpaired) electrons. The molecule has 1 aromatic rings. The Hall–Kier alpha value is -1.23. The van der Waals surface area contributed by atoms with Crippen LogP contribution < -0.4 is 4.90 Å². The summed E-state index contributed by atoms with van der Waals surface area (Å²) in [5.41, 5.74) is -0.313. The van der Waals surface area contributed by atoms with Gasteiger partial charge in [0.05, 0.1) is 5.56 Å². The van der Waals surface area contributed by atoms with E-state index in [1.165, 1.54) is 12.1 Å². The first kappa shape index (κ1) is 13.2. The molecule has 1 aliphatic heterocycles. The van der Waals surface area contributed by atoms with Crippen molar-refractivity contribution >= 4 is 5.69 Å². The molecule has 1 aliphatic rings. The van der Waals surface area contributed by atoms with E-state index >= 15 is 0 Å². The van der Waals surface area contributed by atoms with Crippen LogP contribution in [-0.4, -0.2) is 37.6 Å². The molecule has 0 N–H and O–H groups in total. The van der Waals surface area contributed by atoms with Crippen molar-refractivity contribution in [1.82, 2.24) is 4.90 Å². The molecule has 1 aromatic carbocycles. The number of hydrogen-bond donors (Lipinski definition) is 0. The van der Waals surface area contributed by atoms with Crippen LogP contribution in [0.3, 0.4) is 0 Å². The highest BCUT2D eigenvalue weighted by Gasteiger charge is 2.35. The lowest BCUT2D eigenvalue weighted by atomic mass is 10.1. The largest absolute Gasteiger partial charge is 0.418 e. The lowest BCUT2D eigenvalue weighted by Crippen LogP contribution is -2.46. The Balaban J connectivity index is 2.19. The molecular formula is C13H16F3N2. The fourth-order valence-corrected chi connectivity index (χ4v) is 2.23. The van der Waals surface area contributed by atoms with E-state index in [1.807, 2.05) is 4.90 Å². The Morgan fingerprint density at radius 2 is 1.89 bits per heavy atom. The third kappa shape index (κ3) is 2.77. The van der Waals surface area contributed by atoms with Crippen molar-refractivity contribution in [3.63, 3.8) is 0 Å². The van der Waals surface area contributed by atoms with Crippen LogP contribution in [0.2, 0.25) is 0 Å². The van der Waals surface area contributed by atoms with Crippen LogP contribution in [0.25, 0.3) is 0 Å². The lowest BCUT2D eigenvalue weighted by Gasteiger charge is -2.36. The number of benzene rings is 1. The molecular weight excluding hydrogens is 241 g/mol. The summed E-state index contributed by atoms with van der Waals surface area (Å²) in [6, 6.07) is 6.58. The van der Waals surface area contributed by atoms with Gasteiger partial charge in [-0.2, -0.15) is 13.2 Å². The average Bonchev–Trinajstić information content (AvgIpc) is 2.38. The Morgan fingerprint density at radius 1 is 1.22 bits per heavy atom. The molecule has 2 nitrogen and oxygen atoms in total. The third-order valence-electron chi connectivity index (χ3n) is 3.31. The number of likely N-dealkylation sites (N-methyl/N-ethyl adjacent to an activating group) is 1. The van der Waals surface area contributed by atoms with Crippen LogP contribution in [-0.2, 0) is 6.18 Å². The molecule has 0 unspecified atom stereocenters. The smallest absolute Gasteiger partial charge is 0.368 e. The van der Waals surface area contributed by atoms with E-state index in [0.717, 1.165) is 25.7 Å². The Labute approximate surface area is 105 Å². The molecule has 0 bridgehead atoms. The minimum Gasteiger partial charge on any atom is -0.368 e. The highest BCUT2D eigenvalue weighted by atomic mass is 19.4. The second kappa shape index (κ2) is 5.18. The average molecular weight is 257 g/mol. The molecule has 0 atom stereocenters. The van der Waals surface area contributed by atoms with E-state index in [2.05, 4.69) is 17.9 Å². The molecule has 99 valence electrons. The summed E-state index contributed by atoms with van der Waals surface area (Å²) >= 11 is 0. The highest BCUT2D eigenvalue weighted by Crippen LogP contribution is 2.36. The van der Waals surface area contributed by atoms with Crippen molar-refractivity contribution < 1.29 is 13.2 Å². The summed E-state index contributed by atoms with van der Waals surface area (Å²) < 4.78 is 38.7. The van der Waals surface area contributed by atoms with Gasteiger partial charge in [-0.3, -0.25) is 0 Å². The van der Waals surface area contributed by atoms with Crippen LogP contribution in [0.4, 0.5) is 18.9 Å². The molecule has 0 saturated carbocycles. The van der Waals surface area contributed by atoms with Crippen LogP contribution >= 0.6 is 0 Å². The SMILES string of the molecule is CCN1CCN(c2cc[c]cc2C(F)(F)F)CC1. The zero-order valence-corrected chi connectivity index (χ0v) is 10.3. The van der Waals surface area contributed by atoms with E-state index in [1.54, 1.807) is 0 Å². The summed E-state index contributed by atoms with van der Waals surface area (Å²) in [7, 11) is 0. The van der Waals surface area contributed by atoms with Crippen LogP contribution in [0.5, 0.6) is 0 Å². The van der Waals surface area contributed by atoms with Crippen LogP contribution in [0.1, 0.15) is 12.5 Å². The van der Waals surface area contributed by atoms with E-state index in [0.29, 0.717) is 13.1 Å². The minimum absolute atomic E-state index is 0.275. The number of anilines is 1.